The summed E-state index contributed by atoms with van der Waals surface area (Å²) in [6.45, 7) is 6.73. The minimum absolute atomic E-state index is 0. The summed E-state index contributed by atoms with van der Waals surface area (Å²) in [5.41, 5.74) is 0. The lowest BCUT2D eigenvalue weighted by molar-refractivity contribution is -0.127. The Bertz CT molecular complexity index is 536. The van der Waals surface area contributed by atoms with Crippen molar-refractivity contribution in [1.82, 2.24) is 20.0 Å². The van der Waals surface area contributed by atoms with Gasteiger partial charge in [-0.3, -0.25) is 4.79 Å². The molecule has 2 fully saturated rings. The van der Waals surface area contributed by atoms with Gasteiger partial charge < -0.3 is 29.5 Å². The van der Waals surface area contributed by atoms with Crippen molar-refractivity contribution >= 4 is 35.8 Å². The number of rotatable bonds is 11. The maximum Gasteiger partial charge on any atom is 0.243 e. The molecule has 0 aliphatic carbocycles. The van der Waals surface area contributed by atoms with E-state index in [0.29, 0.717) is 0 Å². The fraction of sp³-hybridized carbons (Fsp3) is 0.913. The number of methoxy groups -OCH3 is 1. The monoisotopic (exact) mass is 567 g/mol. The number of aliphatic imine (C=N–C) groups is 1. The lowest BCUT2D eigenvalue weighted by atomic mass is 9.92. The molecule has 1 unspecified atom stereocenters. The highest BCUT2D eigenvalue weighted by atomic mass is 127. The molecule has 9 heteroatoms. The number of nitrogens with one attached hydrogen (secondary N) is 1. The van der Waals surface area contributed by atoms with Crippen molar-refractivity contribution in [2.75, 3.05) is 80.7 Å². The molecule has 0 saturated carbocycles. The van der Waals surface area contributed by atoms with Gasteiger partial charge in [-0.05, 0) is 64.5 Å². The third kappa shape index (κ3) is 11.5. The van der Waals surface area contributed by atoms with Gasteiger partial charge >= 0.3 is 0 Å². The van der Waals surface area contributed by atoms with Gasteiger partial charge in [-0.25, -0.2) is 4.99 Å². The van der Waals surface area contributed by atoms with Gasteiger partial charge in [0.2, 0.25) is 5.91 Å². The van der Waals surface area contributed by atoms with Crippen LogP contribution in [0.2, 0.25) is 0 Å². The summed E-state index contributed by atoms with van der Waals surface area (Å²) >= 11 is 0. The van der Waals surface area contributed by atoms with Gasteiger partial charge in [0.1, 0.15) is 6.54 Å². The van der Waals surface area contributed by atoms with Crippen molar-refractivity contribution in [2.45, 2.75) is 51.0 Å². The molecule has 2 aliphatic heterocycles. The average molecular weight is 568 g/mol. The zero-order valence-corrected chi connectivity index (χ0v) is 23.0. The van der Waals surface area contributed by atoms with Crippen molar-refractivity contribution in [3.8, 4) is 0 Å². The predicted molar refractivity (Wildman–Crippen MR) is 141 cm³/mol. The molecule has 1 N–H and O–H groups in total. The zero-order chi connectivity index (χ0) is 22.5. The second kappa shape index (κ2) is 16.9. The molecule has 1 amide bonds. The Labute approximate surface area is 212 Å². The van der Waals surface area contributed by atoms with Crippen LogP contribution in [0.25, 0.3) is 0 Å². The Morgan fingerprint density at radius 3 is 2.53 bits per heavy atom. The lowest BCUT2D eigenvalue weighted by Crippen LogP contribution is -2.48. The van der Waals surface area contributed by atoms with Crippen molar-refractivity contribution in [1.29, 1.82) is 0 Å². The van der Waals surface area contributed by atoms with Gasteiger partial charge in [0.15, 0.2) is 5.96 Å². The summed E-state index contributed by atoms with van der Waals surface area (Å²) in [6, 6.07) is 0. The molecule has 32 heavy (non-hydrogen) atoms. The molecule has 0 aromatic heterocycles. The molecule has 0 aromatic rings. The molecule has 2 heterocycles. The molecule has 8 nitrogen and oxygen atoms in total. The van der Waals surface area contributed by atoms with E-state index in [1.54, 1.807) is 26.1 Å². The second-order valence-electron chi connectivity index (χ2n) is 9.17. The molecule has 0 bridgehead atoms. The third-order valence-electron chi connectivity index (χ3n) is 6.37. The van der Waals surface area contributed by atoms with Crippen LogP contribution in [0.1, 0.15) is 44.9 Å². The van der Waals surface area contributed by atoms with E-state index in [1.165, 1.54) is 32.1 Å². The van der Waals surface area contributed by atoms with Gasteiger partial charge in [-0.1, -0.05) is 0 Å². The minimum atomic E-state index is 0. The fourth-order valence-corrected chi connectivity index (χ4v) is 4.17. The maximum absolute atomic E-state index is 12.1. The van der Waals surface area contributed by atoms with Crippen molar-refractivity contribution in [2.24, 2.45) is 10.9 Å². The first-order valence-corrected chi connectivity index (χ1v) is 12.0. The van der Waals surface area contributed by atoms with Gasteiger partial charge in [-0.2, -0.15) is 0 Å². The SMILES string of the molecule is COCCN(C)CCCC1CCN(C(=NCC(=O)N(C)C)NCC2CCCCO2)CC1.I. The smallest absolute Gasteiger partial charge is 0.243 e. The average Bonchev–Trinajstić information content (AvgIpc) is 2.78. The van der Waals surface area contributed by atoms with E-state index in [-0.39, 0.29) is 42.5 Å². The van der Waals surface area contributed by atoms with Crippen molar-refractivity contribution < 1.29 is 14.3 Å². The van der Waals surface area contributed by atoms with Crippen LogP contribution in [-0.2, 0) is 14.3 Å². The summed E-state index contributed by atoms with van der Waals surface area (Å²) in [5, 5.41) is 3.51. The summed E-state index contributed by atoms with van der Waals surface area (Å²) in [6.07, 6.45) is 8.61. The number of carbonyl (C=O) groups is 1. The molecule has 2 saturated heterocycles. The van der Waals surface area contributed by atoms with Gasteiger partial charge in [-0.15, -0.1) is 24.0 Å². The van der Waals surface area contributed by atoms with Crippen LogP contribution in [0.3, 0.4) is 0 Å². The van der Waals surface area contributed by atoms with Crippen molar-refractivity contribution in [3.63, 3.8) is 0 Å². The first-order valence-electron chi connectivity index (χ1n) is 12.0. The summed E-state index contributed by atoms with van der Waals surface area (Å²) in [4.78, 5) is 23.0. The van der Waals surface area contributed by atoms with Crippen LogP contribution < -0.4 is 5.32 Å². The Balaban J connectivity index is 0.00000512. The minimum Gasteiger partial charge on any atom is -0.383 e. The van der Waals surface area contributed by atoms with Crippen LogP contribution >= 0.6 is 24.0 Å². The Kier molecular flexibility index (Phi) is 15.5. The maximum atomic E-state index is 12.1. The summed E-state index contributed by atoms with van der Waals surface area (Å²) < 4.78 is 11.0. The highest BCUT2D eigenvalue weighted by molar-refractivity contribution is 14.0. The first kappa shape index (κ1) is 29.4. The number of halogens is 1. The zero-order valence-electron chi connectivity index (χ0n) is 20.7. The second-order valence-corrected chi connectivity index (χ2v) is 9.17. The van der Waals surface area contributed by atoms with E-state index in [1.807, 2.05) is 0 Å². The van der Waals surface area contributed by atoms with E-state index in [0.717, 1.165) is 70.7 Å². The number of guanidine groups is 1. The van der Waals surface area contributed by atoms with Crippen LogP contribution in [0.15, 0.2) is 4.99 Å². The number of amides is 1. The molecule has 0 spiro atoms. The normalized spacial score (nSPS) is 20.2. The number of hydrogen-bond donors (Lipinski definition) is 1. The van der Waals surface area contributed by atoms with Crippen molar-refractivity contribution in [3.05, 3.63) is 0 Å². The fourth-order valence-electron chi connectivity index (χ4n) is 4.17. The molecule has 2 rings (SSSR count). The topological polar surface area (TPSA) is 69.6 Å². The molecule has 0 radical (unpaired) electrons. The highest BCUT2D eigenvalue weighted by Gasteiger charge is 2.23. The number of likely N-dealkylation sites (tertiary alicyclic amines) is 1. The summed E-state index contributed by atoms with van der Waals surface area (Å²) in [7, 11) is 7.48. The Morgan fingerprint density at radius 1 is 1.16 bits per heavy atom. The number of carbonyl (C=O) groups excluding carboxylic acids is 1. The van der Waals surface area contributed by atoms with Gasteiger partial charge in [0, 0.05) is 54.0 Å². The highest BCUT2D eigenvalue weighted by Crippen LogP contribution is 2.22. The van der Waals surface area contributed by atoms with Gasteiger partial charge in [0.05, 0.1) is 12.7 Å². The standard InChI is InChI=1S/C23H45N5O3.HI/c1-26(2)22(29)19-25-23(24-18-21-9-5-6-16-31-21)28-13-10-20(11-14-28)8-7-12-27(3)15-17-30-4;/h20-21H,5-19H2,1-4H3,(H,24,25);1H. The predicted octanol–water partition coefficient (Wildman–Crippen LogP) is 2.28. The molecule has 2 aliphatic rings. The molecule has 1 atom stereocenters. The molecular weight excluding hydrogens is 521 g/mol. The number of likely N-dealkylation sites (N-methyl/N-ethyl adjacent to an activating group) is 2. The van der Waals surface area contributed by atoms with Crippen LogP contribution in [0, 0.1) is 5.92 Å². The first-order chi connectivity index (χ1) is 15.0. The van der Waals surface area contributed by atoms with Crippen LogP contribution in [-0.4, -0.2) is 113 Å². The third-order valence-corrected chi connectivity index (χ3v) is 6.37. The van der Waals surface area contributed by atoms with Gasteiger partial charge in [0.25, 0.3) is 0 Å². The van der Waals surface area contributed by atoms with E-state index in [2.05, 4.69) is 27.2 Å². The van der Waals surface area contributed by atoms with E-state index >= 15 is 0 Å². The van der Waals surface area contributed by atoms with Crippen LogP contribution in [0.4, 0.5) is 0 Å². The van der Waals surface area contributed by atoms with E-state index in [4.69, 9.17) is 9.47 Å². The number of ether oxygens (including phenoxy) is 2. The quantitative estimate of drug-likeness (QED) is 0.235. The lowest BCUT2D eigenvalue weighted by Gasteiger charge is -2.35. The van der Waals surface area contributed by atoms with E-state index < -0.39 is 0 Å². The Hall–Kier alpha value is -0.650. The van der Waals surface area contributed by atoms with E-state index in [9.17, 15) is 4.79 Å². The summed E-state index contributed by atoms with van der Waals surface area (Å²) in [5.74, 6) is 1.67. The largest absolute Gasteiger partial charge is 0.383 e. The Morgan fingerprint density at radius 2 is 1.91 bits per heavy atom. The molecule has 0 aromatic carbocycles. The molecule has 188 valence electrons. The number of piperidine rings is 1. The number of hydrogen-bond acceptors (Lipinski definition) is 5. The molecular formula is C23H46IN5O3. The van der Waals surface area contributed by atoms with Crippen LogP contribution in [0.5, 0.6) is 0 Å². The number of nitrogens with zero attached hydrogens (tertiary/aromatic N) is 4.